The van der Waals surface area contributed by atoms with Gasteiger partial charge in [-0.1, -0.05) is 12.8 Å². The fourth-order valence-electron chi connectivity index (χ4n) is 4.33. The van der Waals surface area contributed by atoms with Gasteiger partial charge in [-0.05, 0) is 38.5 Å². The van der Waals surface area contributed by atoms with Crippen molar-refractivity contribution in [2.24, 2.45) is 11.8 Å². The van der Waals surface area contributed by atoms with Gasteiger partial charge in [-0.15, -0.1) is 11.3 Å². The Kier molecular flexibility index (Phi) is 4.28. The Hall–Kier alpha value is -1.14. The molecular formula is C17H25N3O2S. The second kappa shape index (κ2) is 6.40. The van der Waals surface area contributed by atoms with Crippen LogP contribution in [0.5, 0.6) is 0 Å². The Bertz CT molecular complexity index is 551. The Morgan fingerprint density at radius 1 is 1.13 bits per heavy atom. The Morgan fingerprint density at radius 3 is 2.65 bits per heavy atom. The van der Waals surface area contributed by atoms with E-state index in [4.69, 9.17) is 0 Å². The maximum absolute atomic E-state index is 12.6. The summed E-state index contributed by atoms with van der Waals surface area (Å²) in [5.74, 6) is 0.502. The first kappa shape index (κ1) is 15.4. The number of aliphatic hydroxyl groups excluding tert-OH is 1. The summed E-state index contributed by atoms with van der Waals surface area (Å²) in [5.41, 5.74) is 1.19. The largest absolute Gasteiger partial charge is 0.392 e. The molecule has 0 spiro atoms. The van der Waals surface area contributed by atoms with E-state index in [1.807, 2.05) is 4.90 Å². The molecule has 1 saturated carbocycles. The highest BCUT2D eigenvalue weighted by Crippen LogP contribution is 2.35. The van der Waals surface area contributed by atoms with Gasteiger partial charge in [0.1, 0.15) is 0 Å². The first-order valence-electron chi connectivity index (χ1n) is 8.93. The number of aliphatic hydroxyl groups is 1. The first-order valence-corrected chi connectivity index (χ1v) is 9.75. The highest BCUT2D eigenvalue weighted by atomic mass is 32.1. The van der Waals surface area contributed by atoms with Gasteiger partial charge in [0.25, 0.3) is 0 Å². The number of nitrogens with zero attached hydrogens (tertiary/aromatic N) is 2. The lowest BCUT2D eigenvalue weighted by Gasteiger charge is -2.44. The van der Waals surface area contributed by atoms with Crippen LogP contribution in [-0.2, 0) is 12.8 Å². The summed E-state index contributed by atoms with van der Waals surface area (Å²) in [6.45, 7) is 1.35. The van der Waals surface area contributed by atoms with Crippen LogP contribution in [0.2, 0.25) is 0 Å². The van der Waals surface area contributed by atoms with E-state index in [2.05, 4.69) is 10.3 Å². The minimum Gasteiger partial charge on any atom is -0.392 e. The van der Waals surface area contributed by atoms with Crippen LogP contribution in [0.3, 0.4) is 0 Å². The highest BCUT2D eigenvalue weighted by Gasteiger charge is 2.39. The monoisotopic (exact) mass is 335 g/mol. The van der Waals surface area contributed by atoms with Gasteiger partial charge >= 0.3 is 6.03 Å². The second-order valence-corrected chi connectivity index (χ2v) is 8.31. The van der Waals surface area contributed by atoms with Gasteiger partial charge in [-0.25, -0.2) is 9.78 Å². The van der Waals surface area contributed by atoms with Crippen molar-refractivity contribution in [1.29, 1.82) is 0 Å². The molecule has 6 heteroatoms. The maximum Gasteiger partial charge on any atom is 0.323 e. The van der Waals surface area contributed by atoms with Gasteiger partial charge in [0, 0.05) is 29.8 Å². The highest BCUT2D eigenvalue weighted by molar-refractivity contribution is 7.15. The van der Waals surface area contributed by atoms with Crippen molar-refractivity contribution in [1.82, 2.24) is 9.88 Å². The number of carbonyl (C=O) groups is 1. The summed E-state index contributed by atoms with van der Waals surface area (Å²) in [4.78, 5) is 20.5. The van der Waals surface area contributed by atoms with Crippen LogP contribution in [0.15, 0.2) is 0 Å². The molecule has 1 aromatic rings. The van der Waals surface area contributed by atoms with Crippen LogP contribution in [0.1, 0.15) is 49.1 Å². The number of urea groups is 1. The maximum atomic E-state index is 12.6. The van der Waals surface area contributed by atoms with Crippen molar-refractivity contribution < 1.29 is 9.90 Å². The predicted molar refractivity (Wildman–Crippen MR) is 90.8 cm³/mol. The fraction of sp³-hybridized carbons (Fsp3) is 0.765. The summed E-state index contributed by atoms with van der Waals surface area (Å²) in [7, 11) is 0. The number of rotatable bonds is 1. The van der Waals surface area contributed by atoms with E-state index in [0.29, 0.717) is 13.1 Å². The summed E-state index contributed by atoms with van der Waals surface area (Å²) in [5, 5.41) is 14.0. The molecule has 2 aliphatic carbocycles. The Labute approximate surface area is 141 Å². The SMILES string of the molecule is O=C(Nc1nc2c(s1)CCCCC2)N1CC2CCCC(C1)C2O. The van der Waals surface area contributed by atoms with E-state index < -0.39 is 0 Å². The zero-order valence-electron chi connectivity index (χ0n) is 13.5. The molecule has 3 aliphatic rings. The van der Waals surface area contributed by atoms with Crippen molar-refractivity contribution in [3.05, 3.63) is 10.6 Å². The number of anilines is 1. The topological polar surface area (TPSA) is 65.5 Å². The zero-order chi connectivity index (χ0) is 15.8. The first-order chi connectivity index (χ1) is 11.2. The summed E-state index contributed by atoms with van der Waals surface area (Å²) >= 11 is 1.64. The van der Waals surface area contributed by atoms with Gasteiger partial charge in [0.2, 0.25) is 0 Å². The molecule has 0 aromatic carbocycles. The van der Waals surface area contributed by atoms with E-state index in [1.165, 1.54) is 36.3 Å². The summed E-state index contributed by atoms with van der Waals surface area (Å²) in [6.07, 6.45) is 8.90. The molecular weight excluding hydrogens is 310 g/mol. The molecule has 5 nitrogen and oxygen atoms in total. The van der Waals surface area contributed by atoms with Crippen molar-refractivity contribution in [3.8, 4) is 0 Å². The zero-order valence-corrected chi connectivity index (χ0v) is 14.3. The van der Waals surface area contributed by atoms with Gasteiger partial charge in [0.05, 0.1) is 11.8 Å². The molecule has 2 bridgehead atoms. The van der Waals surface area contributed by atoms with Crippen LogP contribution in [-0.4, -0.2) is 40.2 Å². The molecule has 2 amide bonds. The lowest BCUT2D eigenvalue weighted by Crippen LogP contribution is -2.54. The Balaban J connectivity index is 1.42. The summed E-state index contributed by atoms with van der Waals surface area (Å²) < 4.78 is 0. The lowest BCUT2D eigenvalue weighted by molar-refractivity contribution is -0.0352. The molecule has 2 heterocycles. The van der Waals surface area contributed by atoms with E-state index >= 15 is 0 Å². The van der Waals surface area contributed by atoms with Crippen molar-refractivity contribution >= 4 is 22.5 Å². The molecule has 1 saturated heterocycles. The molecule has 4 rings (SSSR count). The molecule has 2 fully saturated rings. The van der Waals surface area contributed by atoms with Gasteiger partial charge in [-0.2, -0.15) is 0 Å². The lowest BCUT2D eigenvalue weighted by atomic mass is 9.75. The number of nitrogens with one attached hydrogen (secondary N) is 1. The van der Waals surface area contributed by atoms with E-state index in [-0.39, 0.29) is 24.0 Å². The Morgan fingerprint density at radius 2 is 1.87 bits per heavy atom. The molecule has 126 valence electrons. The van der Waals surface area contributed by atoms with Crippen molar-refractivity contribution in [3.63, 3.8) is 0 Å². The van der Waals surface area contributed by atoms with E-state index in [9.17, 15) is 9.90 Å². The van der Waals surface area contributed by atoms with Gasteiger partial charge in [0.15, 0.2) is 5.13 Å². The number of aromatic nitrogens is 1. The van der Waals surface area contributed by atoms with Crippen LogP contribution in [0, 0.1) is 11.8 Å². The third-order valence-corrected chi connectivity index (χ3v) is 6.70. The summed E-state index contributed by atoms with van der Waals surface area (Å²) in [6, 6.07) is -0.0438. The smallest absolute Gasteiger partial charge is 0.323 e. The number of likely N-dealkylation sites (tertiary alicyclic amines) is 1. The standard InChI is InChI=1S/C17H25N3O2S/c21-15-11-5-4-6-12(15)10-20(9-11)17(22)19-16-18-13-7-2-1-3-8-14(13)23-16/h11-12,15,21H,1-10H2,(H,18,19,22). The molecule has 0 radical (unpaired) electrons. The van der Waals surface area contributed by atoms with Gasteiger partial charge in [-0.3, -0.25) is 5.32 Å². The molecule has 2 atom stereocenters. The molecule has 2 N–H and O–H groups in total. The molecule has 23 heavy (non-hydrogen) atoms. The van der Waals surface area contributed by atoms with E-state index in [0.717, 1.165) is 30.8 Å². The van der Waals surface area contributed by atoms with Gasteiger partial charge < -0.3 is 10.0 Å². The van der Waals surface area contributed by atoms with Crippen LogP contribution in [0.25, 0.3) is 0 Å². The van der Waals surface area contributed by atoms with Crippen LogP contribution >= 0.6 is 11.3 Å². The predicted octanol–water partition coefficient (Wildman–Crippen LogP) is 3.04. The van der Waals surface area contributed by atoms with Crippen LogP contribution < -0.4 is 5.32 Å². The minimum absolute atomic E-state index is 0.0438. The normalized spacial score (nSPS) is 30.5. The molecule has 1 aliphatic heterocycles. The average Bonchev–Trinajstić information content (AvgIpc) is 2.75. The number of thiazole rings is 1. The third-order valence-electron chi connectivity index (χ3n) is 5.62. The van der Waals surface area contributed by atoms with Crippen molar-refractivity contribution in [2.45, 2.75) is 57.5 Å². The number of fused-ring (bicyclic) bond motifs is 3. The third kappa shape index (κ3) is 3.11. The number of hydrogen-bond acceptors (Lipinski definition) is 4. The average molecular weight is 335 g/mol. The second-order valence-electron chi connectivity index (χ2n) is 7.23. The number of amides is 2. The van der Waals surface area contributed by atoms with Crippen molar-refractivity contribution in [2.75, 3.05) is 18.4 Å². The number of hydrogen-bond donors (Lipinski definition) is 2. The number of carbonyl (C=O) groups excluding carboxylic acids is 1. The fourth-order valence-corrected chi connectivity index (χ4v) is 5.37. The van der Waals surface area contributed by atoms with Crippen LogP contribution in [0.4, 0.5) is 9.93 Å². The number of aryl methyl sites for hydroxylation is 2. The molecule has 2 unspecified atom stereocenters. The quantitative estimate of drug-likeness (QED) is 0.775. The molecule has 1 aromatic heterocycles. The van der Waals surface area contributed by atoms with E-state index in [1.54, 1.807) is 11.3 Å². The number of piperidine rings is 1. The minimum atomic E-state index is -0.219.